The largest absolute Gasteiger partial charge is 0.490 e. The average Bonchev–Trinajstić information content (AvgIpc) is 3.02. The zero-order valence-corrected chi connectivity index (χ0v) is 23.0. The van der Waals surface area contributed by atoms with Crippen LogP contribution < -0.4 is 25.6 Å². The number of aromatic nitrogens is 3. The Morgan fingerprint density at radius 3 is 2.71 bits per heavy atom. The van der Waals surface area contributed by atoms with Crippen LogP contribution in [0.3, 0.4) is 0 Å². The normalized spacial score (nSPS) is 15.7. The lowest BCUT2D eigenvalue weighted by Gasteiger charge is -2.33. The van der Waals surface area contributed by atoms with Gasteiger partial charge in [0.25, 0.3) is 0 Å². The molecule has 0 aliphatic carbocycles. The molecule has 12 heteroatoms. The Morgan fingerprint density at radius 2 is 1.95 bits per heavy atom. The van der Waals surface area contributed by atoms with Crippen LogP contribution in [0.25, 0.3) is 0 Å². The van der Waals surface area contributed by atoms with Gasteiger partial charge in [-0.3, -0.25) is 0 Å². The number of carboxylic acid groups (broad SMARTS) is 1. The van der Waals surface area contributed by atoms with E-state index in [-0.39, 0.29) is 13.2 Å². The van der Waals surface area contributed by atoms with Crippen LogP contribution in [0.15, 0.2) is 48.8 Å². The SMILES string of the molecule is COc1c(NCC(NC(=O)OCc2ccccc2)C(=O)O)ncnc1N1CCC(c2ccc3c(n2)NCCC3)CC1. The van der Waals surface area contributed by atoms with Gasteiger partial charge in [0.15, 0.2) is 11.6 Å². The predicted molar refractivity (Wildman–Crippen MR) is 153 cm³/mol. The fourth-order valence-corrected chi connectivity index (χ4v) is 5.17. The summed E-state index contributed by atoms with van der Waals surface area (Å²) in [5.74, 6) is 1.55. The number of pyridine rings is 1. The maximum atomic E-state index is 12.2. The number of aryl methyl sites for hydroxylation is 1. The molecule has 1 amide bonds. The van der Waals surface area contributed by atoms with Gasteiger partial charge in [-0.05, 0) is 42.9 Å². The summed E-state index contributed by atoms with van der Waals surface area (Å²) in [7, 11) is 1.53. The quantitative estimate of drug-likeness (QED) is 0.288. The van der Waals surface area contributed by atoms with Gasteiger partial charge in [-0.15, -0.1) is 0 Å². The molecule has 5 rings (SSSR count). The Labute approximate surface area is 238 Å². The number of rotatable bonds is 10. The summed E-state index contributed by atoms with van der Waals surface area (Å²) in [6.45, 7) is 2.38. The van der Waals surface area contributed by atoms with E-state index in [1.807, 2.05) is 30.3 Å². The van der Waals surface area contributed by atoms with Crippen LogP contribution in [-0.2, 0) is 22.6 Å². The van der Waals surface area contributed by atoms with E-state index < -0.39 is 18.1 Å². The van der Waals surface area contributed by atoms with Crippen molar-refractivity contribution in [3.63, 3.8) is 0 Å². The number of aliphatic carboxylic acids is 1. The molecule has 1 unspecified atom stereocenters. The fraction of sp³-hybridized carbons (Fsp3) is 0.414. The first kappa shape index (κ1) is 27.9. The van der Waals surface area contributed by atoms with Crippen molar-refractivity contribution >= 4 is 29.5 Å². The number of carbonyl (C=O) groups excluding carboxylic acids is 1. The van der Waals surface area contributed by atoms with Gasteiger partial charge < -0.3 is 35.4 Å². The topological polar surface area (TPSA) is 151 Å². The molecule has 4 N–H and O–H groups in total. The lowest BCUT2D eigenvalue weighted by molar-refractivity contribution is -0.139. The number of hydrogen-bond acceptors (Lipinski definition) is 10. The van der Waals surface area contributed by atoms with Crippen LogP contribution in [0.2, 0.25) is 0 Å². The molecule has 2 aliphatic heterocycles. The van der Waals surface area contributed by atoms with Crippen molar-refractivity contribution < 1.29 is 24.2 Å². The van der Waals surface area contributed by atoms with Crippen LogP contribution in [0, 0.1) is 0 Å². The lowest BCUT2D eigenvalue weighted by atomic mass is 9.92. The number of ether oxygens (including phenoxy) is 2. The molecule has 1 aromatic carbocycles. The fourth-order valence-electron chi connectivity index (χ4n) is 5.17. The van der Waals surface area contributed by atoms with Crippen molar-refractivity contribution in [1.29, 1.82) is 0 Å². The van der Waals surface area contributed by atoms with Crippen molar-refractivity contribution in [3.8, 4) is 5.75 Å². The van der Waals surface area contributed by atoms with E-state index in [4.69, 9.17) is 14.5 Å². The minimum Gasteiger partial charge on any atom is -0.490 e. The molecule has 0 bridgehead atoms. The molecular formula is C29H35N7O5. The Balaban J connectivity index is 1.18. The monoisotopic (exact) mass is 561 g/mol. The third-order valence-electron chi connectivity index (χ3n) is 7.39. The van der Waals surface area contributed by atoms with Crippen LogP contribution in [0.4, 0.5) is 22.2 Å². The molecule has 12 nitrogen and oxygen atoms in total. The molecule has 4 heterocycles. The number of methoxy groups -OCH3 is 1. The number of hydrogen-bond donors (Lipinski definition) is 4. The Morgan fingerprint density at radius 1 is 1.15 bits per heavy atom. The molecule has 1 saturated heterocycles. The standard InChI is InChI=1S/C29H35N7O5/c1-40-24-26(31-16-23(28(37)38)35-29(39)41-17-19-6-3-2-4-7-19)32-18-33-27(24)36-14-11-20(12-15-36)22-10-9-21-8-5-13-30-25(21)34-22/h2-4,6-7,9-10,18,20,23H,5,8,11-17H2,1H3,(H,30,34)(H,35,39)(H,37,38)(H,31,32,33). The van der Waals surface area contributed by atoms with E-state index >= 15 is 0 Å². The van der Waals surface area contributed by atoms with E-state index in [9.17, 15) is 14.7 Å². The maximum Gasteiger partial charge on any atom is 0.408 e. The summed E-state index contributed by atoms with van der Waals surface area (Å²) in [4.78, 5) is 39.9. The third-order valence-corrected chi connectivity index (χ3v) is 7.39. The zero-order chi connectivity index (χ0) is 28.6. The van der Waals surface area contributed by atoms with E-state index in [0.29, 0.717) is 23.3 Å². The molecule has 2 aliphatic rings. The summed E-state index contributed by atoms with van der Waals surface area (Å²) in [6, 6.07) is 12.2. The number of anilines is 3. The maximum absolute atomic E-state index is 12.2. The van der Waals surface area contributed by atoms with Gasteiger partial charge in [-0.25, -0.2) is 24.5 Å². The van der Waals surface area contributed by atoms with E-state index in [1.54, 1.807) is 0 Å². The minimum absolute atomic E-state index is 0.0334. The molecule has 0 saturated carbocycles. The molecular weight excluding hydrogens is 526 g/mol. The van der Waals surface area contributed by atoms with Crippen LogP contribution >= 0.6 is 0 Å². The summed E-state index contributed by atoms with van der Waals surface area (Å²) >= 11 is 0. The van der Waals surface area contributed by atoms with E-state index in [0.717, 1.165) is 62.4 Å². The Bertz CT molecular complexity index is 1350. The second-order valence-electron chi connectivity index (χ2n) is 10.1. The number of nitrogens with zero attached hydrogens (tertiary/aromatic N) is 4. The van der Waals surface area contributed by atoms with Gasteiger partial charge in [-0.2, -0.15) is 0 Å². The van der Waals surface area contributed by atoms with E-state index in [2.05, 4.69) is 43.0 Å². The predicted octanol–water partition coefficient (Wildman–Crippen LogP) is 3.41. The third kappa shape index (κ3) is 6.94. The first-order valence-corrected chi connectivity index (χ1v) is 13.8. The first-order chi connectivity index (χ1) is 20.0. The van der Waals surface area contributed by atoms with Crippen LogP contribution in [-0.4, -0.2) is 71.5 Å². The smallest absolute Gasteiger partial charge is 0.408 e. The Hall–Kier alpha value is -4.61. The summed E-state index contributed by atoms with van der Waals surface area (Å²) in [5, 5.41) is 18.5. The van der Waals surface area contributed by atoms with Crippen molar-refractivity contribution in [1.82, 2.24) is 20.3 Å². The number of piperidine rings is 1. The molecule has 0 radical (unpaired) electrons. The van der Waals surface area contributed by atoms with Crippen molar-refractivity contribution in [2.75, 3.05) is 48.8 Å². The number of amides is 1. The highest BCUT2D eigenvalue weighted by molar-refractivity contribution is 5.80. The highest BCUT2D eigenvalue weighted by Crippen LogP contribution is 2.36. The number of benzene rings is 1. The van der Waals surface area contributed by atoms with Crippen molar-refractivity contribution in [3.05, 3.63) is 65.6 Å². The van der Waals surface area contributed by atoms with Gasteiger partial charge in [0, 0.05) is 37.8 Å². The number of alkyl carbamates (subject to hydrolysis) is 1. The number of carbonyl (C=O) groups is 2. The highest BCUT2D eigenvalue weighted by atomic mass is 16.5. The molecule has 3 aromatic rings. The second-order valence-corrected chi connectivity index (χ2v) is 10.1. The highest BCUT2D eigenvalue weighted by Gasteiger charge is 2.27. The first-order valence-electron chi connectivity index (χ1n) is 13.8. The van der Waals surface area contributed by atoms with Gasteiger partial charge >= 0.3 is 12.1 Å². The second kappa shape index (κ2) is 13.2. The summed E-state index contributed by atoms with van der Waals surface area (Å²) in [5.41, 5.74) is 3.20. The zero-order valence-electron chi connectivity index (χ0n) is 23.0. The molecule has 216 valence electrons. The average molecular weight is 562 g/mol. The van der Waals surface area contributed by atoms with Crippen LogP contribution in [0.5, 0.6) is 5.75 Å². The van der Waals surface area contributed by atoms with Gasteiger partial charge in [0.2, 0.25) is 5.75 Å². The Kier molecular flexibility index (Phi) is 8.97. The van der Waals surface area contributed by atoms with E-state index in [1.165, 1.54) is 19.0 Å². The molecule has 1 atom stereocenters. The molecule has 1 fully saturated rings. The molecule has 0 spiro atoms. The lowest BCUT2D eigenvalue weighted by Crippen LogP contribution is -2.45. The van der Waals surface area contributed by atoms with Crippen molar-refractivity contribution in [2.24, 2.45) is 0 Å². The number of carboxylic acids is 1. The van der Waals surface area contributed by atoms with Gasteiger partial charge in [0.05, 0.1) is 7.11 Å². The van der Waals surface area contributed by atoms with Gasteiger partial charge in [-0.1, -0.05) is 36.4 Å². The molecule has 2 aromatic heterocycles. The minimum atomic E-state index is -1.25. The van der Waals surface area contributed by atoms with Gasteiger partial charge in [0.1, 0.15) is 24.8 Å². The summed E-state index contributed by atoms with van der Waals surface area (Å²) in [6.07, 6.45) is 4.62. The molecule has 41 heavy (non-hydrogen) atoms. The summed E-state index contributed by atoms with van der Waals surface area (Å²) < 4.78 is 10.8. The number of fused-ring (bicyclic) bond motifs is 1. The van der Waals surface area contributed by atoms with Crippen LogP contribution in [0.1, 0.15) is 42.0 Å². The van der Waals surface area contributed by atoms with Crippen molar-refractivity contribution in [2.45, 2.75) is 44.2 Å². The number of nitrogens with one attached hydrogen (secondary N) is 3.